The van der Waals surface area contributed by atoms with Gasteiger partial charge in [-0.15, -0.1) is 0 Å². The van der Waals surface area contributed by atoms with Gasteiger partial charge in [0.15, 0.2) is 12.7 Å². The molecule has 6 nitrogen and oxygen atoms in total. The van der Waals surface area contributed by atoms with Crippen LogP contribution >= 0.6 is 23.2 Å². The van der Waals surface area contributed by atoms with Gasteiger partial charge in [-0.25, -0.2) is 0 Å². The van der Waals surface area contributed by atoms with Crippen molar-refractivity contribution in [2.75, 3.05) is 23.4 Å². The number of carbonyl (C=O) groups excluding carboxylic acids is 2. The summed E-state index contributed by atoms with van der Waals surface area (Å²) in [5.74, 6) is 0.508. The van der Waals surface area contributed by atoms with Crippen molar-refractivity contribution in [2.45, 2.75) is 26.4 Å². The lowest BCUT2D eigenvalue weighted by molar-refractivity contribution is -0.125. The molecule has 1 heterocycles. The molecule has 0 aliphatic carbocycles. The third kappa shape index (κ3) is 4.51. The number of anilines is 2. The average Bonchev–Trinajstić information content (AvgIpc) is 2.64. The largest absolute Gasteiger partial charge is 0.482 e. The van der Waals surface area contributed by atoms with Gasteiger partial charge in [0.25, 0.3) is 11.8 Å². The zero-order chi connectivity index (χ0) is 20.3. The molecule has 28 heavy (non-hydrogen) atoms. The third-order valence-corrected chi connectivity index (χ3v) is 4.68. The second kappa shape index (κ2) is 8.71. The first-order chi connectivity index (χ1) is 13.4. The average molecular weight is 423 g/mol. The van der Waals surface area contributed by atoms with Gasteiger partial charge >= 0.3 is 0 Å². The summed E-state index contributed by atoms with van der Waals surface area (Å²) < 4.78 is 11.1. The van der Waals surface area contributed by atoms with Crippen LogP contribution in [0.4, 0.5) is 11.4 Å². The van der Waals surface area contributed by atoms with Gasteiger partial charge in [0.1, 0.15) is 11.5 Å². The summed E-state index contributed by atoms with van der Waals surface area (Å²) in [5.41, 5.74) is 1.25. The number of nitrogens with zero attached hydrogens (tertiary/aromatic N) is 1. The molecule has 1 aliphatic rings. The lowest BCUT2D eigenvalue weighted by Crippen LogP contribution is -2.44. The molecule has 0 fully saturated rings. The Balaban J connectivity index is 1.67. The number of fused-ring (bicyclic) bond motifs is 1. The standard InChI is InChI=1S/C20H20Cl2N2O4/c1-3-8-24-16-6-5-14(10-18(16)28-12(2)20(24)26)23-19(25)11-27-17-7-4-13(21)9-15(17)22/h4-7,9-10,12H,3,8,11H2,1-2H3,(H,23,25). The molecule has 1 N–H and O–H groups in total. The van der Waals surface area contributed by atoms with Crippen molar-refractivity contribution in [2.24, 2.45) is 0 Å². The zero-order valence-electron chi connectivity index (χ0n) is 15.5. The summed E-state index contributed by atoms with van der Waals surface area (Å²) in [5, 5.41) is 3.57. The van der Waals surface area contributed by atoms with Crippen molar-refractivity contribution in [1.82, 2.24) is 0 Å². The molecule has 1 aliphatic heterocycles. The molecule has 8 heteroatoms. The molecule has 0 spiro atoms. The summed E-state index contributed by atoms with van der Waals surface area (Å²) in [6.45, 7) is 4.12. The number of carbonyl (C=O) groups is 2. The van der Waals surface area contributed by atoms with Crippen LogP contribution in [0, 0.1) is 0 Å². The molecule has 2 aromatic carbocycles. The number of rotatable bonds is 6. The Labute approximate surface area is 173 Å². The first kappa shape index (κ1) is 20.3. The molecule has 3 rings (SSSR count). The maximum absolute atomic E-state index is 12.3. The fraction of sp³-hybridized carbons (Fsp3) is 0.300. The first-order valence-electron chi connectivity index (χ1n) is 8.89. The summed E-state index contributed by atoms with van der Waals surface area (Å²) in [6, 6.07) is 9.97. The highest BCUT2D eigenvalue weighted by Crippen LogP contribution is 2.36. The van der Waals surface area contributed by atoms with Gasteiger partial charge < -0.3 is 19.7 Å². The van der Waals surface area contributed by atoms with Gasteiger partial charge in [-0.2, -0.15) is 0 Å². The Kier molecular flexibility index (Phi) is 6.31. The molecule has 0 bridgehead atoms. The topological polar surface area (TPSA) is 67.9 Å². The highest BCUT2D eigenvalue weighted by atomic mass is 35.5. The van der Waals surface area contributed by atoms with Gasteiger partial charge in [-0.05, 0) is 43.7 Å². The highest BCUT2D eigenvalue weighted by Gasteiger charge is 2.31. The number of amides is 2. The summed E-state index contributed by atoms with van der Waals surface area (Å²) in [7, 11) is 0. The Morgan fingerprint density at radius 3 is 2.75 bits per heavy atom. The fourth-order valence-corrected chi connectivity index (χ4v) is 3.34. The number of hydrogen-bond acceptors (Lipinski definition) is 4. The molecule has 0 radical (unpaired) electrons. The molecule has 2 amide bonds. The summed E-state index contributed by atoms with van der Waals surface area (Å²) in [4.78, 5) is 26.2. The van der Waals surface area contributed by atoms with Crippen molar-refractivity contribution in [3.8, 4) is 11.5 Å². The molecular formula is C20H20Cl2N2O4. The Bertz CT molecular complexity index is 904. The number of benzene rings is 2. The van der Waals surface area contributed by atoms with Gasteiger partial charge in [0, 0.05) is 23.3 Å². The van der Waals surface area contributed by atoms with Crippen molar-refractivity contribution >= 4 is 46.4 Å². The van der Waals surface area contributed by atoms with Gasteiger partial charge in [0.05, 0.1) is 10.7 Å². The molecule has 0 saturated carbocycles. The quantitative estimate of drug-likeness (QED) is 0.741. The van der Waals surface area contributed by atoms with E-state index in [1.807, 2.05) is 6.92 Å². The maximum Gasteiger partial charge on any atom is 0.267 e. The van der Waals surface area contributed by atoms with Crippen LogP contribution in [-0.4, -0.2) is 31.1 Å². The van der Waals surface area contributed by atoms with E-state index in [0.717, 1.165) is 6.42 Å². The van der Waals surface area contributed by atoms with Crippen LogP contribution in [0.25, 0.3) is 0 Å². The number of halogens is 2. The number of nitrogens with one attached hydrogen (secondary N) is 1. The molecule has 0 aromatic heterocycles. The van der Waals surface area contributed by atoms with Crippen molar-refractivity contribution in [3.63, 3.8) is 0 Å². The summed E-state index contributed by atoms with van der Waals surface area (Å²) >= 11 is 11.9. The van der Waals surface area contributed by atoms with E-state index in [4.69, 9.17) is 32.7 Å². The first-order valence-corrected chi connectivity index (χ1v) is 9.64. The Hall–Kier alpha value is -2.44. The predicted octanol–water partition coefficient (Wildman–Crippen LogP) is 4.53. The van der Waals surface area contributed by atoms with E-state index in [-0.39, 0.29) is 18.4 Å². The van der Waals surface area contributed by atoms with Gasteiger partial charge in [-0.1, -0.05) is 30.1 Å². The van der Waals surface area contributed by atoms with Crippen molar-refractivity contribution in [3.05, 3.63) is 46.4 Å². The lowest BCUT2D eigenvalue weighted by atomic mass is 10.1. The van der Waals surface area contributed by atoms with E-state index >= 15 is 0 Å². The predicted molar refractivity (Wildman–Crippen MR) is 110 cm³/mol. The summed E-state index contributed by atoms with van der Waals surface area (Å²) in [6.07, 6.45) is 0.265. The normalized spacial score (nSPS) is 15.6. The van der Waals surface area contributed by atoms with Crippen molar-refractivity contribution < 1.29 is 19.1 Å². The number of ether oxygens (including phenoxy) is 2. The van der Waals surface area contributed by atoms with Crippen LogP contribution < -0.4 is 19.7 Å². The van der Waals surface area contributed by atoms with Crippen molar-refractivity contribution in [1.29, 1.82) is 0 Å². The molecular weight excluding hydrogens is 403 g/mol. The molecule has 0 saturated heterocycles. The molecule has 148 valence electrons. The fourth-order valence-electron chi connectivity index (χ4n) is 2.88. The lowest BCUT2D eigenvalue weighted by Gasteiger charge is -2.33. The maximum atomic E-state index is 12.3. The van der Waals surface area contributed by atoms with E-state index in [2.05, 4.69) is 5.32 Å². The monoisotopic (exact) mass is 422 g/mol. The zero-order valence-corrected chi connectivity index (χ0v) is 17.0. The van der Waals surface area contributed by atoms with Crippen LogP contribution in [0.5, 0.6) is 11.5 Å². The minimum Gasteiger partial charge on any atom is -0.482 e. The number of hydrogen-bond donors (Lipinski definition) is 1. The van der Waals surface area contributed by atoms with E-state index in [9.17, 15) is 9.59 Å². The second-order valence-corrected chi connectivity index (χ2v) is 7.19. The minimum absolute atomic E-state index is 0.0700. The smallest absolute Gasteiger partial charge is 0.267 e. The van der Waals surface area contributed by atoms with Gasteiger partial charge in [-0.3, -0.25) is 9.59 Å². The van der Waals surface area contributed by atoms with Crippen LogP contribution in [-0.2, 0) is 9.59 Å². The van der Waals surface area contributed by atoms with Crippen LogP contribution in [0.3, 0.4) is 0 Å². The van der Waals surface area contributed by atoms with E-state index in [1.54, 1.807) is 48.2 Å². The second-order valence-electron chi connectivity index (χ2n) is 6.34. The van der Waals surface area contributed by atoms with Crippen LogP contribution in [0.1, 0.15) is 20.3 Å². The minimum atomic E-state index is -0.569. The van der Waals surface area contributed by atoms with Gasteiger partial charge in [0.2, 0.25) is 0 Å². The van der Waals surface area contributed by atoms with E-state index < -0.39 is 6.10 Å². The third-order valence-electron chi connectivity index (χ3n) is 4.15. The highest BCUT2D eigenvalue weighted by molar-refractivity contribution is 6.35. The SMILES string of the molecule is CCCN1C(=O)C(C)Oc2cc(NC(=O)COc3ccc(Cl)cc3Cl)ccc21. The Morgan fingerprint density at radius 2 is 2.04 bits per heavy atom. The van der Waals surface area contributed by atoms with E-state index in [1.165, 1.54) is 0 Å². The van der Waals surface area contributed by atoms with Crippen LogP contribution in [0.2, 0.25) is 10.0 Å². The van der Waals surface area contributed by atoms with E-state index in [0.29, 0.717) is 39.5 Å². The molecule has 1 unspecified atom stereocenters. The molecule has 1 atom stereocenters. The molecule has 2 aromatic rings. The Morgan fingerprint density at radius 1 is 1.25 bits per heavy atom. The van der Waals surface area contributed by atoms with Crippen LogP contribution in [0.15, 0.2) is 36.4 Å².